The lowest BCUT2D eigenvalue weighted by atomic mass is 10.1. The van der Waals surface area contributed by atoms with Crippen molar-refractivity contribution in [3.05, 3.63) is 35.1 Å². The maximum absolute atomic E-state index is 13.4. The molecule has 146 valence electrons. The van der Waals surface area contributed by atoms with Crippen LogP contribution in [0.5, 0.6) is 0 Å². The van der Waals surface area contributed by atoms with E-state index in [0.717, 1.165) is 18.5 Å². The summed E-state index contributed by atoms with van der Waals surface area (Å²) in [5.41, 5.74) is 1.33. The summed E-state index contributed by atoms with van der Waals surface area (Å²) in [6, 6.07) is 4.19. The van der Waals surface area contributed by atoms with E-state index in [-0.39, 0.29) is 30.1 Å². The molecule has 2 heterocycles. The minimum absolute atomic E-state index is 0.0529. The highest BCUT2D eigenvalue weighted by atomic mass is 19.1. The Morgan fingerprint density at radius 3 is 2.52 bits per heavy atom. The Labute approximate surface area is 158 Å². The van der Waals surface area contributed by atoms with Gasteiger partial charge < -0.3 is 14.7 Å². The molecule has 0 aromatic heterocycles. The molecular formula is C20H26FN3O3. The zero-order valence-corrected chi connectivity index (χ0v) is 15.9. The van der Waals surface area contributed by atoms with Gasteiger partial charge in [0.05, 0.1) is 6.54 Å². The van der Waals surface area contributed by atoms with Gasteiger partial charge in [0.25, 0.3) is 0 Å². The first-order valence-electron chi connectivity index (χ1n) is 9.48. The molecule has 1 aromatic rings. The van der Waals surface area contributed by atoms with E-state index in [1.54, 1.807) is 35.8 Å². The van der Waals surface area contributed by atoms with Crippen LogP contribution in [0, 0.1) is 12.7 Å². The fraction of sp³-hybridized carbons (Fsp3) is 0.550. The van der Waals surface area contributed by atoms with Crippen LogP contribution in [0.1, 0.15) is 37.3 Å². The molecule has 0 spiro atoms. The number of hydrogen-bond donors (Lipinski definition) is 0. The summed E-state index contributed by atoms with van der Waals surface area (Å²) >= 11 is 0. The quantitative estimate of drug-likeness (QED) is 0.760. The molecule has 3 rings (SSSR count). The van der Waals surface area contributed by atoms with Gasteiger partial charge in [0.15, 0.2) is 0 Å². The molecule has 0 N–H and O–H groups in total. The molecule has 1 atom stereocenters. The van der Waals surface area contributed by atoms with Crippen molar-refractivity contribution in [2.75, 3.05) is 26.2 Å². The number of piperazine rings is 1. The van der Waals surface area contributed by atoms with Crippen LogP contribution in [0.3, 0.4) is 0 Å². The monoisotopic (exact) mass is 375 g/mol. The van der Waals surface area contributed by atoms with E-state index in [1.807, 2.05) is 4.90 Å². The first-order valence-corrected chi connectivity index (χ1v) is 9.48. The van der Waals surface area contributed by atoms with Gasteiger partial charge in [-0.2, -0.15) is 0 Å². The van der Waals surface area contributed by atoms with Crippen molar-refractivity contribution < 1.29 is 18.8 Å². The van der Waals surface area contributed by atoms with E-state index >= 15 is 0 Å². The number of nitrogens with zero attached hydrogens (tertiary/aromatic N) is 3. The van der Waals surface area contributed by atoms with Crippen molar-refractivity contribution in [2.45, 2.75) is 45.7 Å². The summed E-state index contributed by atoms with van der Waals surface area (Å²) < 4.78 is 13.4. The highest BCUT2D eigenvalue weighted by Gasteiger charge is 2.36. The minimum atomic E-state index is -0.551. The lowest BCUT2D eigenvalue weighted by Gasteiger charge is -2.39. The second-order valence-corrected chi connectivity index (χ2v) is 7.38. The molecule has 2 aliphatic rings. The highest BCUT2D eigenvalue weighted by Crippen LogP contribution is 2.19. The van der Waals surface area contributed by atoms with E-state index in [4.69, 9.17) is 0 Å². The lowest BCUT2D eigenvalue weighted by Crippen LogP contribution is -2.58. The molecule has 0 aliphatic carbocycles. The van der Waals surface area contributed by atoms with Crippen molar-refractivity contribution in [3.8, 4) is 0 Å². The summed E-state index contributed by atoms with van der Waals surface area (Å²) in [6.07, 6.45) is 2.18. The normalized spacial score (nSPS) is 20.8. The van der Waals surface area contributed by atoms with Gasteiger partial charge in [-0.25, -0.2) is 4.39 Å². The Bertz CT molecular complexity index is 752. The third-order valence-corrected chi connectivity index (χ3v) is 5.39. The van der Waals surface area contributed by atoms with Gasteiger partial charge in [0, 0.05) is 32.6 Å². The third kappa shape index (κ3) is 4.28. The number of hydrogen-bond acceptors (Lipinski definition) is 3. The van der Waals surface area contributed by atoms with Crippen LogP contribution in [0.4, 0.5) is 4.39 Å². The molecular weight excluding hydrogens is 349 g/mol. The summed E-state index contributed by atoms with van der Waals surface area (Å²) in [6.45, 7) is 5.64. The number of aryl methyl sites for hydroxylation is 1. The van der Waals surface area contributed by atoms with E-state index in [9.17, 15) is 18.8 Å². The molecule has 2 saturated heterocycles. The Morgan fingerprint density at radius 2 is 1.85 bits per heavy atom. The van der Waals surface area contributed by atoms with Crippen molar-refractivity contribution >= 4 is 17.7 Å². The minimum Gasteiger partial charge on any atom is -0.343 e. The second-order valence-electron chi connectivity index (χ2n) is 7.38. The SMILES string of the molecule is Cc1cc(CN2C(=O)CN(CCCN3CCCC3=O)C(=O)[C@@H]2C)ccc1F. The average Bonchev–Trinajstić information content (AvgIpc) is 3.04. The molecule has 27 heavy (non-hydrogen) atoms. The van der Waals surface area contributed by atoms with E-state index in [1.165, 1.54) is 6.07 Å². The molecule has 1 aromatic carbocycles. The maximum atomic E-state index is 13.4. The Kier molecular flexibility index (Phi) is 5.77. The van der Waals surface area contributed by atoms with Crippen LogP contribution in [0.2, 0.25) is 0 Å². The van der Waals surface area contributed by atoms with E-state index in [0.29, 0.717) is 38.0 Å². The summed E-state index contributed by atoms with van der Waals surface area (Å²) in [4.78, 5) is 41.9. The summed E-state index contributed by atoms with van der Waals surface area (Å²) in [5.74, 6) is -0.303. The zero-order valence-electron chi connectivity index (χ0n) is 15.9. The molecule has 7 heteroatoms. The predicted octanol–water partition coefficient (Wildman–Crippen LogP) is 1.71. The van der Waals surface area contributed by atoms with Crippen LogP contribution < -0.4 is 0 Å². The fourth-order valence-electron chi connectivity index (χ4n) is 3.75. The van der Waals surface area contributed by atoms with Crippen LogP contribution in [0.15, 0.2) is 18.2 Å². The molecule has 6 nitrogen and oxygen atoms in total. The Morgan fingerprint density at radius 1 is 1.11 bits per heavy atom. The van der Waals surface area contributed by atoms with Gasteiger partial charge in [0.1, 0.15) is 11.9 Å². The van der Waals surface area contributed by atoms with Crippen molar-refractivity contribution in [2.24, 2.45) is 0 Å². The van der Waals surface area contributed by atoms with E-state index < -0.39 is 6.04 Å². The number of benzene rings is 1. The maximum Gasteiger partial charge on any atom is 0.245 e. The van der Waals surface area contributed by atoms with Gasteiger partial charge in [-0.15, -0.1) is 0 Å². The number of halogens is 1. The molecule has 0 bridgehead atoms. The third-order valence-electron chi connectivity index (χ3n) is 5.39. The van der Waals surface area contributed by atoms with Crippen LogP contribution in [0.25, 0.3) is 0 Å². The number of rotatable bonds is 6. The summed E-state index contributed by atoms with van der Waals surface area (Å²) in [5, 5.41) is 0. The molecule has 0 radical (unpaired) electrons. The van der Waals surface area contributed by atoms with Gasteiger partial charge in [-0.3, -0.25) is 14.4 Å². The predicted molar refractivity (Wildman–Crippen MR) is 98.2 cm³/mol. The highest BCUT2D eigenvalue weighted by molar-refractivity contribution is 5.94. The zero-order chi connectivity index (χ0) is 19.6. The van der Waals surface area contributed by atoms with Crippen LogP contribution >= 0.6 is 0 Å². The molecule has 3 amide bonds. The van der Waals surface area contributed by atoms with Gasteiger partial charge in [-0.1, -0.05) is 12.1 Å². The smallest absolute Gasteiger partial charge is 0.245 e. The van der Waals surface area contributed by atoms with Crippen molar-refractivity contribution in [1.82, 2.24) is 14.7 Å². The van der Waals surface area contributed by atoms with Crippen molar-refractivity contribution in [1.29, 1.82) is 0 Å². The van der Waals surface area contributed by atoms with Crippen LogP contribution in [-0.4, -0.2) is 64.6 Å². The average molecular weight is 375 g/mol. The number of carbonyl (C=O) groups is 3. The Hall–Kier alpha value is -2.44. The van der Waals surface area contributed by atoms with Crippen LogP contribution in [-0.2, 0) is 20.9 Å². The fourth-order valence-corrected chi connectivity index (χ4v) is 3.75. The standard InChI is InChI=1S/C20H26FN3O3/c1-14-11-16(6-7-17(14)21)12-24-15(2)20(27)23(13-19(24)26)10-4-9-22-8-3-5-18(22)25/h6-7,11,15H,3-5,8-10,12-13H2,1-2H3/t15-/m0/s1. The molecule has 0 unspecified atom stereocenters. The Balaban J connectivity index is 1.56. The van der Waals surface area contributed by atoms with Gasteiger partial charge >= 0.3 is 0 Å². The van der Waals surface area contributed by atoms with E-state index in [2.05, 4.69) is 0 Å². The molecule has 0 saturated carbocycles. The summed E-state index contributed by atoms with van der Waals surface area (Å²) in [7, 11) is 0. The first-order chi connectivity index (χ1) is 12.9. The van der Waals surface area contributed by atoms with Gasteiger partial charge in [-0.05, 0) is 43.9 Å². The lowest BCUT2D eigenvalue weighted by molar-refractivity contribution is -0.155. The van der Waals surface area contributed by atoms with Gasteiger partial charge in [0.2, 0.25) is 17.7 Å². The number of likely N-dealkylation sites (tertiary alicyclic amines) is 1. The molecule has 2 fully saturated rings. The van der Waals surface area contributed by atoms with Crippen molar-refractivity contribution in [3.63, 3.8) is 0 Å². The number of carbonyl (C=O) groups excluding carboxylic acids is 3. The second kappa shape index (κ2) is 8.06. The largest absolute Gasteiger partial charge is 0.343 e. The topological polar surface area (TPSA) is 60.9 Å². The number of amides is 3. The first kappa shape index (κ1) is 19.3. The molecule has 2 aliphatic heterocycles.